The molecule has 0 aliphatic carbocycles. The molecule has 3 N–H and O–H groups in total. The van der Waals surface area contributed by atoms with Crippen LogP contribution in [0.4, 0.5) is 0 Å². The maximum Gasteiger partial charge on any atom is 0.219 e. The Morgan fingerprint density at radius 3 is 3.07 bits per heavy atom. The van der Waals surface area contributed by atoms with E-state index >= 15 is 0 Å². The molecule has 1 aromatic heterocycles. The fourth-order valence-electron chi connectivity index (χ4n) is 4.13. The first-order valence-corrected chi connectivity index (χ1v) is 9.65. The molecule has 0 radical (unpaired) electrons. The van der Waals surface area contributed by atoms with Crippen molar-refractivity contribution < 1.29 is 14.3 Å². The summed E-state index contributed by atoms with van der Waals surface area (Å²) in [6, 6.07) is 8.35. The molecule has 2 aliphatic heterocycles. The number of rotatable bonds is 5. The van der Waals surface area contributed by atoms with Gasteiger partial charge in [0, 0.05) is 62.8 Å². The molecule has 1 amide bonds. The van der Waals surface area contributed by atoms with Crippen LogP contribution in [0.15, 0.2) is 30.5 Å². The van der Waals surface area contributed by atoms with Gasteiger partial charge < -0.3 is 25.1 Å². The van der Waals surface area contributed by atoms with Gasteiger partial charge in [0.15, 0.2) is 0 Å². The largest absolute Gasteiger partial charge is 0.377 e. The zero-order chi connectivity index (χ0) is 18.7. The molecule has 7 nitrogen and oxygen atoms in total. The summed E-state index contributed by atoms with van der Waals surface area (Å²) in [4.78, 5) is 13.6. The first-order valence-electron chi connectivity index (χ1n) is 9.65. The third-order valence-electron chi connectivity index (χ3n) is 5.43. The van der Waals surface area contributed by atoms with Crippen molar-refractivity contribution in [3.8, 4) is 0 Å². The van der Waals surface area contributed by atoms with Gasteiger partial charge in [0.05, 0.1) is 19.8 Å². The minimum atomic E-state index is -0.273. The summed E-state index contributed by atoms with van der Waals surface area (Å²) in [6.07, 6.45) is 2.51. The van der Waals surface area contributed by atoms with E-state index in [4.69, 9.17) is 15.2 Å². The number of primary amides is 1. The maximum absolute atomic E-state index is 11.2. The number of aryl methyl sites for hydroxylation is 1. The number of morpholine rings is 1. The zero-order valence-corrected chi connectivity index (χ0v) is 15.7. The van der Waals surface area contributed by atoms with Crippen molar-refractivity contribution in [1.82, 2.24) is 14.8 Å². The quantitative estimate of drug-likeness (QED) is 0.808. The molecule has 1 aromatic carbocycles. The van der Waals surface area contributed by atoms with Crippen molar-refractivity contribution in [2.45, 2.75) is 25.1 Å². The molecular formula is C20H28N4O3. The average molecular weight is 372 g/mol. The van der Waals surface area contributed by atoms with Gasteiger partial charge in [0.1, 0.15) is 5.60 Å². The SMILES string of the molecule is NC(=O)CCn1cc(CN2CCOC3(CNCCOC3)C2)c2ccccc21. The van der Waals surface area contributed by atoms with Gasteiger partial charge >= 0.3 is 0 Å². The number of nitrogens with zero attached hydrogens (tertiary/aromatic N) is 2. The molecule has 1 unspecified atom stereocenters. The number of aromatic nitrogens is 1. The smallest absolute Gasteiger partial charge is 0.219 e. The van der Waals surface area contributed by atoms with Crippen LogP contribution in [0.1, 0.15) is 12.0 Å². The van der Waals surface area contributed by atoms with Crippen molar-refractivity contribution in [3.63, 3.8) is 0 Å². The number of carbonyl (C=O) groups is 1. The van der Waals surface area contributed by atoms with E-state index in [1.807, 2.05) is 6.07 Å². The van der Waals surface area contributed by atoms with E-state index in [-0.39, 0.29) is 11.5 Å². The van der Waals surface area contributed by atoms with Crippen molar-refractivity contribution in [3.05, 3.63) is 36.0 Å². The highest BCUT2D eigenvalue weighted by Gasteiger charge is 2.38. The number of para-hydroxylation sites is 1. The Morgan fingerprint density at radius 1 is 1.30 bits per heavy atom. The van der Waals surface area contributed by atoms with Crippen molar-refractivity contribution in [1.29, 1.82) is 0 Å². The van der Waals surface area contributed by atoms with Gasteiger partial charge in [-0.05, 0) is 11.6 Å². The summed E-state index contributed by atoms with van der Waals surface area (Å²) in [5, 5.41) is 4.66. The summed E-state index contributed by atoms with van der Waals surface area (Å²) in [5.41, 5.74) is 7.50. The molecule has 4 rings (SSSR count). The lowest BCUT2D eigenvalue weighted by molar-refractivity contribution is -0.135. The normalized spacial score (nSPS) is 24.3. The predicted molar refractivity (Wildman–Crippen MR) is 103 cm³/mol. The van der Waals surface area contributed by atoms with Crippen molar-refractivity contribution >= 4 is 16.8 Å². The minimum absolute atomic E-state index is 0.265. The first-order chi connectivity index (χ1) is 13.2. The molecule has 2 aromatic rings. The lowest BCUT2D eigenvalue weighted by Gasteiger charge is -2.41. The van der Waals surface area contributed by atoms with E-state index in [0.717, 1.165) is 44.8 Å². The molecular weight excluding hydrogens is 344 g/mol. The summed E-state index contributed by atoms with van der Waals surface area (Å²) in [7, 11) is 0. The Hall–Kier alpha value is -1.93. The molecule has 27 heavy (non-hydrogen) atoms. The highest BCUT2D eigenvalue weighted by molar-refractivity contribution is 5.84. The van der Waals surface area contributed by atoms with Crippen LogP contribution in [0, 0.1) is 0 Å². The highest BCUT2D eigenvalue weighted by atomic mass is 16.5. The Balaban J connectivity index is 1.53. The number of nitrogens with one attached hydrogen (secondary N) is 1. The number of amides is 1. The lowest BCUT2D eigenvalue weighted by atomic mass is 10.0. The molecule has 146 valence electrons. The highest BCUT2D eigenvalue weighted by Crippen LogP contribution is 2.26. The summed E-state index contributed by atoms with van der Waals surface area (Å²) >= 11 is 0. The Bertz CT molecular complexity index is 796. The first kappa shape index (κ1) is 18.4. The zero-order valence-electron chi connectivity index (χ0n) is 15.7. The van der Waals surface area contributed by atoms with E-state index in [1.54, 1.807) is 0 Å². The lowest BCUT2D eigenvalue weighted by Crippen LogP contribution is -2.57. The van der Waals surface area contributed by atoms with Gasteiger partial charge in [0.2, 0.25) is 5.91 Å². The molecule has 2 fully saturated rings. The maximum atomic E-state index is 11.2. The standard InChI is InChI=1S/C20H28N4O3/c21-19(25)5-7-24-12-16(17-3-1-2-4-18(17)24)11-23-8-10-27-20(14-23)13-22-6-9-26-15-20/h1-4,12,22H,5-11,13-15H2,(H2,21,25). The third kappa shape index (κ3) is 4.16. The summed E-state index contributed by atoms with van der Waals surface area (Å²) < 4.78 is 14.0. The van der Waals surface area contributed by atoms with E-state index in [1.165, 1.54) is 10.9 Å². The number of hydrogen-bond acceptors (Lipinski definition) is 5. The second-order valence-corrected chi connectivity index (χ2v) is 7.55. The fraction of sp³-hybridized carbons (Fsp3) is 0.550. The number of nitrogens with two attached hydrogens (primary N) is 1. The number of fused-ring (bicyclic) bond motifs is 1. The van der Waals surface area contributed by atoms with Gasteiger partial charge in [-0.1, -0.05) is 18.2 Å². The van der Waals surface area contributed by atoms with Crippen LogP contribution in [0.5, 0.6) is 0 Å². The second kappa shape index (κ2) is 7.98. The van der Waals surface area contributed by atoms with Crippen LogP contribution in [0.3, 0.4) is 0 Å². The molecule has 3 heterocycles. The predicted octanol–water partition coefficient (Wildman–Crippen LogP) is 0.708. The van der Waals surface area contributed by atoms with Crippen LogP contribution in [0.2, 0.25) is 0 Å². The van der Waals surface area contributed by atoms with Gasteiger partial charge in [-0.3, -0.25) is 9.69 Å². The molecule has 0 saturated carbocycles. The van der Waals surface area contributed by atoms with E-state index in [0.29, 0.717) is 26.2 Å². The minimum Gasteiger partial charge on any atom is -0.377 e. The Morgan fingerprint density at radius 2 is 2.19 bits per heavy atom. The van der Waals surface area contributed by atoms with Crippen molar-refractivity contribution in [2.75, 3.05) is 46.0 Å². The number of benzene rings is 1. The molecule has 1 atom stereocenters. The number of carbonyl (C=O) groups excluding carboxylic acids is 1. The topological polar surface area (TPSA) is 81.8 Å². The molecule has 2 saturated heterocycles. The van der Waals surface area contributed by atoms with E-state index < -0.39 is 0 Å². The van der Waals surface area contributed by atoms with E-state index in [9.17, 15) is 4.79 Å². The molecule has 2 aliphatic rings. The average Bonchev–Trinajstić information content (AvgIpc) is 2.85. The Labute approximate surface area is 159 Å². The Kier molecular flexibility index (Phi) is 5.45. The van der Waals surface area contributed by atoms with Crippen LogP contribution >= 0.6 is 0 Å². The van der Waals surface area contributed by atoms with Gasteiger partial charge in [-0.25, -0.2) is 0 Å². The van der Waals surface area contributed by atoms with Gasteiger partial charge in [-0.15, -0.1) is 0 Å². The summed E-state index contributed by atoms with van der Waals surface area (Å²) in [6.45, 7) is 7.00. The summed E-state index contributed by atoms with van der Waals surface area (Å²) in [5.74, 6) is -0.273. The van der Waals surface area contributed by atoms with Crippen LogP contribution < -0.4 is 11.1 Å². The second-order valence-electron chi connectivity index (χ2n) is 7.55. The molecule has 0 bridgehead atoms. The monoisotopic (exact) mass is 372 g/mol. The molecule has 1 spiro atoms. The van der Waals surface area contributed by atoms with Gasteiger partial charge in [-0.2, -0.15) is 0 Å². The van der Waals surface area contributed by atoms with Crippen LogP contribution in [0.25, 0.3) is 10.9 Å². The van der Waals surface area contributed by atoms with Crippen LogP contribution in [-0.4, -0.2) is 67.0 Å². The number of hydrogen-bond donors (Lipinski definition) is 2. The fourth-order valence-corrected chi connectivity index (χ4v) is 4.13. The number of ether oxygens (including phenoxy) is 2. The van der Waals surface area contributed by atoms with Crippen LogP contribution in [-0.2, 0) is 27.4 Å². The van der Waals surface area contributed by atoms with E-state index in [2.05, 4.69) is 39.2 Å². The molecule has 7 heteroatoms. The van der Waals surface area contributed by atoms with Crippen molar-refractivity contribution in [2.24, 2.45) is 5.73 Å². The van der Waals surface area contributed by atoms with Gasteiger partial charge in [0.25, 0.3) is 0 Å². The third-order valence-corrected chi connectivity index (χ3v) is 5.43.